The fraction of sp³-hybridized carbons (Fsp3) is 0.769. The lowest BCUT2D eigenvalue weighted by Gasteiger charge is -2.42. The Morgan fingerprint density at radius 3 is 3.11 bits per heavy atom. The highest BCUT2D eigenvalue weighted by Gasteiger charge is 2.35. The maximum Gasteiger partial charge on any atom is 0.0599 e. The minimum atomic E-state index is 0.265. The largest absolute Gasteiger partial charge is 0.395 e. The predicted octanol–water partition coefficient (Wildman–Crippen LogP) is 1.09. The van der Waals surface area contributed by atoms with Gasteiger partial charge in [0.25, 0.3) is 0 Å². The standard InChI is InChI=1S/C13H21N3OS/c1-10-5-13(18-14-10)8-16-6-11-3-2-4-15(11)7-12(16)9-17/h5,11-12,17H,2-4,6-9H2,1H3/t11-,12+/m0/s1. The molecule has 100 valence electrons. The lowest BCUT2D eigenvalue weighted by atomic mass is 10.1. The third-order valence-electron chi connectivity index (χ3n) is 4.15. The molecule has 18 heavy (non-hydrogen) atoms. The fourth-order valence-electron chi connectivity index (χ4n) is 3.21. The molecule has 0 radical (unpaired) electrons. The van der Waals surface area contributed by atoms with Crippen LogP contribution in [-0.4, -0.2) is 57.6 Å². The number of aryl methyl sites for hydroxylation is 1. The van der Waals surface area contributed by atoms with Gasteiger partial charge < -0.3 is 5.11 Å². The molecule has 4 nitrogen and oxygen atoms in total. The summed E-state index contributed by atoms with van der Waals surface area (Å²) >= 11 is 1.59. The molecule has 0 spiro atoms. The number of aromatic nitrogens is 1. The van der Waals surface area contributed by atoms with Crippen molar-refractivity contribution in [1.82, 2.24) is 14.2 Å². The van der Waals surface area contributed by atoms with Crippen molar-refractivity contribution in [3.63, 3.8) is 0 Å². The Bertz CT molecular complexity index is 409. The Kier molecular flexibility index (Phi) is 3.66. The summed E-state index contributed by atoms with van der Waals surface area (Å²) in [4.78, 5) is 6.31. The molecule has 1 aromatic heterocycles. The van der Waals surface area contributed by atoms with Gasteiger partial charge in [-0.1, -0.05) is 0 Å². The van der Waals surface area contributed by atoms with Crippen molar-refractivity contribution in [3.05, 3.63) is 16.6 Å². The highest BCUT2D eigenvalue weighted by molar-refractivity contribution is 7.05. The molecule has 5 heteroatoms. The number of aliphatic hydroxyl groups excluding tert-OH is 1. The van der Waals surface area contributed by atoms with E-state index in [4.69, 9.17) is 0 Å². The van der Waals surface area contributed by atoms with Gasteiger partial charge in [-0.2, -0.15) is 4.37 Å². The molecule has 0 aliphatic carbocycles. The lowest BCUT2D eigenvalue weighted by molar-refractivity contribution is 0.0176. The fourth-order valence-corrected chi connectivity index (χ4v) is 3.97. The van der Waals surface area contributed by atoms with Crippen LogP contribution < -0.4 is 0 Å². The van der Waals surface area contributed by atoms with Crippen LogP contribution in [-0.2, 0) is 6.54 Å². The van der Waals surface area contributed by atoms with Gasteiger partial charge >= 0.3 is 0 Å². The normalized spacial score (nSPS) is 29.7. The second-order valence-corrected chi connectivity index (χ2v) is 6.38. The van der Waals surface area contributed by atoms with Gasteiger partial charge in [0, 0.05) is 36.6 Å². The summed E-state index contributed by atoms with van der Waals surface area (Å²) in [5.74, 6) is 0. The second-order valence-electron chi connectivity index (χ2n) is 5.49. The first kappa shape index (κ1) is 12.5. The zero-order valence-corrected chi connectivity index (χ0v) is 11.7. The molecule has 0 bridgehead atoms. The Hall–Kier alpha value is -0.490. The van der Waals surface area contributed by atoms with Crippen LogP contribution in [0.1, 0.15) is 23.4 Å². The van der Waals surface area contributed by atoms with Crippen LogP contribution in [0.15, 0.2) is 6.07 Å². The molecule has 2 saturated heterocycles. The third kappa shape index (κ3) is 2.45. The van der Waals surface area contributed by atoms with Crippen LogP contribution in [0.4, 0.5) is 0 Å². The molecule has 0 unspecified atom stereocenters. The number of rotatable bonds is 3. The van der Waals surface area contributed by atoms with Crippen molar-refractivity contribution in [1.29, 1.82) is 0 Å². The van der Waals surface area contributed by atoms with Crippen LogP contribution in [0.2, 0.25) is 0 Å². The van der Waals surface area contributed by atoms with Crippen molar-refractivity contribution >= 4 is 11.5 Å². The number of hydrogen-bond acceptors (Lipinski definition) is 5. The first-order chi connectivity index (χ1) is 8.76. The van der Waals surface area contributed by atoms with E-state index >= 15 is 0 Å². The molecular weight excluding hydrogens is 246 g/mol. The molecule has 2 atom stereocenters. The summed E-state index contributed by atoms with van der Waals surface area (Å²) < 4.78 is 4.34. The van der Waals surface area contributed by atoms with Crippen molar-refractivity contribution < 1.29 is 5.11 Å². The van der Waals surface area contributed by atoms with Gasteiger partial charge in [-0.25, -0.2) is 0 Å². The van der Waals surface area contributed by atoms with Gasteiger partial charge in [-0.15, -0.1) is 0 Å². The summed E-state index contributed by atoms with van der Waals surface area (Å²) in [6.07, 6.45) is 2.63. The van der Waals surface area contributed by atoms with E-state index in [2.05, 4.69) is 20.2 Å². The molecule has 2 aliphatic heterocycles. The molecule has 3 rings (SSSR count). The molecule has 0 amide bonds. The molecule has 2 fully saturated rings. The van der Waals surface area contributed by atoms with Crippen LogP contribution in [0.5, 0.6) is 0 Å². The summed E-state index contributed by atoms with van der Waals surface area (Å²) in [5, 5.41) is 9.58. The van der Waals surface area contributed by atoms with E-state index in [9.17, 15) is 5.11 Å². The minimum Gasteiger partial charge on any atom is -0.395 e. The molecule has 0 aromatic carbocycles. The number of hydrogen-bond donors (Lipinski definition) is 1. The average Bonchev–Trinajstić information content (AvgIpc) is 2.97. The maximum absolute atomic E-state index is 9.58. The molecule has 1 aromatic rings. The van der Waals surface area contributed by atoms with E-state index in [0.29, 0.717) is 12.1 Å². The van der Waals surface area contributed by atoms with Gasteiger partial charge in [0.2, 0.25) is 0 Å². The van der Waals surface area contributed by atoms with Crippen molar-refractivity contribution in [3.8, 4) is 0 Å². The van der Waals surface area contributed by atoms with E-state index in [-0.39, 0.29) is 6.61 Å². The Morgan fingerprint density at radius 2 is 2.39 bits per heavy atom. The SMILES string of the molecule is Cc1cc(CN2C[C@@H]3CCCN3C[C@@H]2CO)sn1. The summed E-state index contributed by atoms with van der Waals surface area (Å²) in [5.41, 5.74) is 1.11. The van der Waals surface area contributed by atoms with E-state index in [1.54, 1.807) is 11.5 Å². The van der Waals surface area contributed by atoms with Crippen molar-refractivity contribution in [2.75, 3.05) is 26.2 Å². The quantitative estimate of drug-likeness (QED) is 0.890. The Labute approximate surface area is 112 Å². The van der Waals surface area contributed by atoms with E-state index in [1.165, 1.54) is 24.3 Å². The number of nitrogens with zero attached hydrogens (tertiary/aromatic N) is 3. The first-order valence-corrected chi connectivity index (χ1v) is 7.55. The zero-order valence-electron chi connectivity index (χ0n) is 10.9. The number of piperazine rings is 1. The minimum absolute atomic E-state index is 0.265. The van der Waals surface area contributed by atoms with Crippen LogP contribution in [0, 0.1) is 6.92 Å². The summed E-state index contributed by atoms with van der Waals surface area (Å²) in [7, 11) is 0. The van der Waals surface area contributed by atoms with E-state index in [0.717, 1.165) is 25.3 Å². The molecule has 0 saturated carbocycles. The number of fused-ring (bicyclic) bond motifs is 1. The molecular formula is C13H21N3OS. The van der Waals surface area contributed by atoms with Crippen LogP contribution >= 0.6 is 11.5 Å². The Morgan fingerprint density at radius 1 is 1.50 bits per heavy atom. The van der Waals surface area contributed by atoms with Gasteiger partial charge in [0.1, 0.15) is 0 Å². The smallest absolute Gasteiger partial charge is 0.0599 e. The molecule has 1 N–H and O–H groups in total. The first-order valence-electron chi connectivity index (χ1n) is 6.77. The maximum atomic E-state index is 9.58. The molecule has 2 aliphatic rings. The van der Waals surface area contributed by atoms with Crippen LogP contribution in [0.3, 0.4) is 0 Å². The zero-order chi connectivity index (χ0) is 12.5. The second kappa shape index (κ2) is 5.25. The summed E-state index contributed by atoms with van der Waals surface area (Å²) in [6, 6.07) is 3.17. The van der Waals surface area contributed by atoms with E-state index in [1.807, 2.05) is 6.92 Å². The topological polar surface area (TPSA) is 39.6 Å². The van der Waals surface area contributed by atoms with Crippen LogP contribution in [0.25, 0.3) is 0 Å². The number of aliphatic hydroxyl groups is 1. The lowest BCUT2D eigenvalue weighted by Crippen LogP contribution is -2.56. The Balaban J connectivity index is 1.69. The van der Waals surface area contributed by atoms with Crippen molar-refractivity contribution in [2.24, 2.45) is 0 Å². The van der Waals surface area contributed by atoms with Gasteiger partial charge in [0.05, 0.1) is 12.3 Å². The average molecular weight is 267 g/mol. The monoisotopic (exact) mass is 267 g/mol. The summed E-state index contributed by atoms with van der Waals surface area (Å²) in [6.45, 7) is 6.59. The predicted molar refractivity (Wildman–Crippen MR) is 72.7 cm³/mol. The van der Waals surface area contributed by atoms with E-state index < -0.39 is 0 Å². The third-order valence-corrected chi connectivity index (χ3v) is 5.01. The van der Waals surface area contributed by atoms with Crippen molar-refractivity contribution in [2.45, 2.75) is 38.4 Å². The van der Waals surface area contributed by atoms with Gasteiger partial charge in [-0.05, 0) is 43.9 Å². The highest BCUT2D eigenvalue weighted by Crippen LogP contribution is 2.26. The van der Waals surface area contributed by atoms with Gasteiger partial charge in [0.15, 0.2) is 0 Å². The molecule has 3 heterocycles. The highest BCUT2D eigenvalue weighted by atomic mass is 32.1. The van der Waals surface area contributed by atoms with Gasteiger partial charge in [-0.3, -0.25) is 9.80 Å².